The van der Waals surface area contributed by atoms with E-state index in [1.54, 1.807) is 25.4 Å². The lowest BCUT2D eigenvalue weighted by Crippen LogP contribution is -2.35. The van der Waals surface area contributed by atoms with E-state index in [9.17, 15) is 4.79 Å². The zero-order chi connectivity index (χ0) is 31.1. The average Bonchev–Trinajstić information content (AvgIpc) is 3.45. The molecule has 1 aromatic carbocycles. The smallest absolute Gasteiger partial charge is 0.220 e. The molecule has 4 aromatic rings. The Labute approximate surface area is 260 Å². The van der Waals surface area contributed by atoms with Crippen molar-refractivity contribution in [1.29, 1.82) is 0 Å². The second kappa shape index (κ2) is 14.5. The van der Waals surface area contributed by atoms with Crippen molar-refractivity contribution in [2.75, 3.05) is 32.1 Å². The summed E-state index contributed by atoms with van der Waals surface area (Å²) in [7, 11) is 1.59. The quantitative estimate of drug-likeness (QED) is 0.137. The van der Waals surface area contributed by atoms with Crippen molar-refractivity contribution in [1.82, 2.24) is 30.9 Å². The van der Waals surface area contributed by atoms with Crippen molar-refractivity contribution in [2.45, 2.75) is 38.9 Å². The van der Waals surface area contributed by atoms with Crippen LogP contribution in [0.4, 0.5) is 15.9 Å². The number of carbonyl (C=O) groups excluding carboxylic acids is 1. The highest BCUT2D eigenvalue weighted by atomic mass is 35.5. The van der Waals surface area contributed by atoms with Gasteiger partial charge in [-0.05, 0) is 43.2 Å². The summed E-state index contributed by atoms with van der Waals surface area (Å²) in [5.41, 5.74) is 5.59. The summed E-state index contributed by atoms with van der Waals surface area (Å²) in [5, 5.41) is 21.7. The van der Waals surface area contributed by atoms with Gasteiger partial charge in [-0.25, -0.2) is 14.4 Å². The van der Waals surface area contributed by atoms with E-state index < -0.39 is 5.82 Å². The van der Waals surface area contributed by atoms with Crippen LogP contribution >= 0.6 is 11.6 Å². The van der Waals surface area contributed by atoms with Crippen molar-refractivity contribution in [3.8, 4) is 28.4 Å². The van der Waals surface area contributed by atoms with Crippen LogP contribution < -0.4 is 26.0 Å². The Morgan fingerprint density at radius 2 is 1.89 bits per heavy atom. The molecule has 10 nitrogen and oxygen atoms in total. The van der Waals surface area contributed by atoms with E-state index >= 15 is 4.39 Å². The van der Waals surface area contributed by atoms with E-state index in [1.807, 2.05) is 37.3 Å². The molecule has 4 heterocycles. The minimum absolute atomic E-state index is 0.0372. The van der Waals surface area contributed by atoms with Crippen LogP contribution in [0.25, 0.3) is 22.5 Å². The number of ether oxygens (including phenoxy) is 1. The fraction of sp³-hybridized carbons (Fsp3) is 0.312. The normalized spacial score (nSPS) is 14.5. The minimum Gasteiger partial charge on any atom is -0.481 e. The molecule has 44 heavy (non-hydrogen) atoms. The maximum absolute atomic E-state index is 15.2. The maximum atomic E-state index is 15.2. The number of aliphatic hydroxyl groups is 1. The zero-order valence-corrected chi connectivity index (χ0v) is 25.3. The SMILES string of the molecule is COc1nc(-c2ccnc(-c3cccc(Nc4nccc(CNCCO)c4F)c3Cl)c2C)ccc1CNC[C@H]1CCC(=O)N1. The molecular weight excluding hydrogens is 585 g/mol. The van der Waals surface area contributed by atoms with E-state index in [1.165, 1.54) is 6.20 Å². The van der Waals surface area contributed by atoms with Gasteiger partial charge in [0.25, 0.3) is 0 Å². The van der Waals surface area contributed by atoms with Gasteiger partial charge < -0.3 is 31.1 Å². The number of nitrogens with zero attached hydrogens (tertiary/aromatic N) is 3. The number of rotatable bonds is 13. The summed E-state index contributed by atoms with van der Waals surface area (Å²) >= 11 is 6.87. The van der Waals surface area contributed by atoms with Gasteiger partial charge in [-0.15, -0.1) is 0 Å². The van der Waals surface area contributed by atoms with E-state index in [0.717, 1.165) is 28.8 Å². The number of nitrogens with one attached hydrogen (secondary N) is 4. The summed E-state index contributed by atoms with van der Waals surface area (Å²) in [5.74, 6) is 0.150. The lowest BCUT2D eigenvalue weighted by atomic mass is 9.99. The summed E-state index contributed by atoms with van der Waals surface area (Å²) < 4.78 is 20.8. The van der Waals surface area contributed by atoms with Crippen molar-refractivity contribution in [3.05, 3.63) is 82.4 Å². The molecule has 1 saturated heterocycles. The highest BCUT2D eigenvalue weighted by Gasteiger charge is 2.21. The Bertz CT molecular complexity index is 1640. The molecule has 0 spiro atoms. The molecule has 0 bridgehead atoms. The maximum Gasteiger partial charge on any atom is 0.220 e. The predicted octanol–water partition coefficient (Wildman–Crippen LogP) is 4.51. The molecule has 1 aliphatic rings. The molecule has 0 saturated carbocycles. The molecule has 5 rings (SSSR count). The highest BCUT2D eigenvalue weighted by Crippen LogP contribution is 2.38. The van der Waals surface area contributed by atoms with Crippen LogP contribution in [0.5, 0.6) is 5.88 Å². The van der Waals surface area contributed by atoms with E-state index in [-0.39, 0.29) is 30.9 Å². The lowest BCUT2D eigenvalue weighted by Gasteiger charge is -2.16. The monoisotopic (exact) mass is 619 g/mol. The number of halogens is 2. The predicted molar refractivity (Wildman–Crippen MR) is 168 cm³/mol. The molecule has 3 aromatic heterocycles. The van der Waals surface area contributed by atoms with E-state index in [0.29, 0.717) is 59.5 Å². The molecule has 1 amide bonds. The summed E-state index contributed by atoms with van der Waals surface area (Å²) in [6.45, 7) is 3.76. The molecule has 230 valence electrons. The van der Waals surface area contributed by atoms with Gasteiger partial charge in [0.2, 0.25) is 11.8 Å². The fourth-order valence-electron chi connectivity index (χ4n) is 5.18. The van der Waals surface area contributed by atoms with Crippen molar-refractivity contribution in [3.63, 3.8) is 0 Å². The molecule has 1 atom stereocenters. The largest absolute Gasteiger partial charge is 0.481 e. The molecule has 0 unspecified atom stereocenters. The first-order chi connectivity index (χ1) is 21.4. The Balaban J connectivity index is 1.37. The van der Waals surface area contributed by atoms with Gasteiger partial charge in [0.15, 0.2) is 11.6 Å². The number of anilines is 2. The number of amides is 1. The van der Waals surface area contributed by atoms with Crippen LogP contribution in [0.3, 0.4) is 0 Å². The first-order valence-electron chi connectivity index (χ1n) is 14.4. The molecule has 12 heteroatoms. The fourth-order valence-corrected chi connectivity index (χ4v) is 5.44. The third-order valence-electron chi connectivity index (χ3n) is 7.48. The minimum atomic E-state index is -0.500. The second-order valence-corrected chi connectivity index (χ2v) is 10.8. The lowest BCUT2D eigenvalue weighted by molar-refractivity contribution is -0.119. The van der Waals surface area contributed by atoms with Gasteiger partial charge >= 0.3 is 0 Å². The molecule has 0 aliphatic carbocycles. The van der Waals surface area contributed by atoms with Crippen LogP contribution in [0.1, 0.15) is 29.5 Å². The van der Waals surface area contributed by atoms with Crippen LogP contribution in [-0.2, 0) is 17.9 Å². The molecular formula is C32H35ClFN7O3. The topological polar surface area (TPSA) is 133 Å². The molecule has 1 fully saturated rings. The number of aromatic nitrogens is 3. The number of hydrogen-bond acceptors (Lipinski definition) is 9. The second-order valence-electron chi connectivity index (χ2n) is 10.5. The third kappa shape index (κ3) is 7.13. The Morgan fingerprint density at radius 1 is 1.07 bits per heavy atom. The van der Waals surface area contributed by atoms with Crippen LogP contribution in [-0.4, -0.2) is 58.8 Å². The molecule has 0 radical (unpaired) electrons. The number of methoxy groups -OCH3 is 1. The summed E-state index contributed by atoms with van der Waals surface area (Å²) in [4.78, 5) is 25.0. The van der Waals surface area contributed by atoms with Crippen molar-refractivity contribution in [2.24, 2.45) is 0 Å². The van der Waals surface area contributed by atoms with Crippen LogP contribution in [0.15, 0.2) is 54.9 Å². The first kappa shape index (κ1) is 31.3. The molecule has 5 N–H and O–H groups in total. The van der Waals surface area contributed by atoms with Gasteiger partial charge in [-0.2, -0.15) is 0 Å². The van der Waals surface area contributed by atoms with Gasteiger partial charge in [-0.3, -0.25) is 9.78 Å². The van der Waals surface area contributed by atoms with Crippen LogP contribution in [0.2, 0.25) is 5.02 Å². The van der Waals surface area contributed by atoms with Gasteiger partial charge in [-0.1, -0.05) is 29.8 Å². The van der Waals surface area contributed by atoms with Gasteiger partial charge in [0, 0.05) is 73.3 Å². The molecule has 1 aliphatic heterocycles. The number of pyridine rings is 3. The Kier molecular flexibility index (Phi) is 10.3. The van der Waals surface area contributed by atoms with Crippen molar-refractivity contribution < 1.29 is 19.0 Å². The summed E-state index contributed by atoms with van der Waals surface area (Å²) in [6, 6.07) is 13.0. The van der Waals surface area contributed by atoms with Crippen LogP contribution in [0, 0.1) is 12.7 Å². The average molecular weight is 620 g/mol. The Hall–Kier alpha value is -4.16. The Morgan fingerprint density at radius 3 is 2.66 bits per heavy atom. The summed E-state index contributed by atoms with van der Waals surface area (Å²) in [6.07, 6.45) is 4.63. The van der Waals surface area contributed by atoms with Gasteiger partial charge in [0.05, 0.1) is 35.8 Å². The highest BCUT2D eigenvalue weighted by molar-refractivity contribution is 6.36. The number of aliphatic hydroxyl groups excluding tert-OH is 1. The standard InChI is InChI=1S/C32H35ClFN7O3/c1-19-23(25-8-6-21(32(41-25)44-2)17-36-18-22-7-9-27(43)39-22)11-13-37-30(19)24-4-3-5-26(28(24)33)40-31-29(34)20(10-12-38-31)16-35-14-15-42/h3-6,8,10-13,22,35-36,42H,7,9,14-18H2,1-2H3,(H,38,40)(H,39,43)/t22-/m1/s1. The third-order valence-corrected chi connectivity index (χ3v) is 7.89. The van der Waals surface area contributed by atoms with Gasteiger partial charge in [0.1, 0.15) is 0 Å². The first-order valence-corrected chi connectivity index (χ1v) is 14.8. The van der Waals surface area contributed by atoms with E-state index in [2.05, 4.69) is 31.2 Å². The number of benzene rings is 1. The van der Waals surface area contributed by atoms with E-state index in [4.69, 9.17) is 26.4 Å². The number of hydrogen-bond donors (Lipinski definition) is 5. The van der Waals surface area contributed by atoms with Crippen molar-refractivity contribution >= 4 is 29.0 Å². The number of carbonyl (C=O) groups is 1. The zero-order valence-electron chi connectivity index (χ0n) is 24.6.